The van der Waals surface area contributed by atoms with Gasteiger partial charge in [-0.2, -0.15) is 0 Å². The SMILES string of the molecule is Cc1nc(S(=O)(=O)NCCC(=O)Nc2ccc3ccccc3n2)cn1C. The first kappa shape index (κ1) is 18.0. The summed E-state index contributed by atoms with van der Waals surface area (Å²) in [4.78, 5) is 20.4. The maximum Gasteiger partial charge on any atom is 0.259 e. The van der Waals surface area contributed by atoms with E-state index in [2.05, 4.69) is 20.0 Å². The Morgan fingerprint density at radius 1 is 1.15 bits per heavy atom. The lowest BCUT2D eigenvalue weighted by Crippen LogP contribution is -2.28. The molecule has 1 aromatic carbocycles. The van der Waals surface area contributed by atoms with Crippen LogP contribution in [0.25, 0.3) is 10.9 Å². The molecular weight excluding hydrogens is 354 g/mol. The number of nitrogens with zero attached hydrogens (tertiary/aromatic N) is 3. The van der Waals surface area contributed by atoms with Gasteiger partial charge in [0, 0.05) is 31.6 Å². The molecule has 26 heavy (non-hydrogen) atoms. The van der Waals surface area contributed by atoms with E-state index in [0.29, 0.717) is 11.6 Å². The van der Waals surface area contributed by atoms with Crippen LogP contribution in [0.3, 0.4) is 0 Å². The standard InChI is InChI=1S/C17H19N5O3S/c1-12-19-17(11-22(12)2)26(24,25)18-10-9-16(23)21-15-8-7-13-5-3-4-6-14(13)20-15/h3-8,11,18H,9-10H2,1-2H3,(H,20,21,23). The molecule has 3 aromatic rings. The normalized spacial score (nSPS) is 11.6. The molecule has 136 valence electrons. The number of aromatic nitrogens is 3. The number of pyridine rings is 1. The quantitative estimate of drug-likeness (QED) is 0.682. The summed E-state index contributed by atoms with van der Waals surface area (Å²) in [6.07, 6.45) is 1.41. The van der Waals surface area contributed by atoms with Crippen molar-refractivity contribution in [3.63, 3.8) is 0 Å². The fourth-order valence-electron chi connectivity index (χ4n) is 2.37. The Morgan fingerprint density at radius 3 is 2.65 bits per heavy atom. The second-order valence-corrected chi connectivity index (χ2v) is 7.54. The molecule has 3 rings (SSSR count). The van der Waals surface area contributed by atoms with Gasteiger partial charge in [0.2, 0.25) is 5.91 Å². The first-order valence-electron chi connectivity index (χ1n) is 8.00. The molecule has 0 bridgehead atoms. The Balaban J connectivity index is 1.56. The predicted molar refractivity (Wildman–Crippen MR) is 98.1 cm³/mol. The highest BCUT2D eigenvalue weighted by atomic mass is 32.2. The van der Waals surface area contributed by atoms with Crippen molar-refractivity contribution in [2.24, 2.45) is 7.05 Å². The summed E-state index contributed by atoms with van der Waals surface area (Å²) in [6, 6.07) is 11.1. The number of rotatable bonds is 6. The summed E-state index contributed by atoms with van der Waals surface area (Å²) >= 11 is 0. The summed E-state index contributed by atoms with van der Waals surface area (Å²) in [6.45, 7) is 1.68. The second kappa shape index (κ2) is 7.22. The number of anilines is 1. The zero-order chi connectivity index (χ0) is 18.7. The molecule has 0 unspecified atom stereocenters. The zero-order valence-electron chi connectivity index (χ0n) is 14.4. The Kier molecular flexibility index (Phi) is 5.01. The van der Waals surface area contributed by atoms with Crippen LogP contribution in [-0.4, -0.2) is 35.4 Å². The molecule has 0 spiro atoms. The first-order chi connectivity index (χ1) is 12.3. The monoisotopic (exact) mass is 373 g/mol. The highest BCUT2D eigenvalue weighted by molar-refractivity contribution is 7.89. The van der Waals surface area contributed by atoms with Gasteiger partial charge in [-0.1, -0.05) is 18.2 Å². The third-order valence-corrected chi connectivity index (χ3v) is 5.20. The van der Waals surface area contributed by atoms with Gasteiger partial charge in [0.25, 0.3) is 10.0 Å². The molecule has 0 aliphatic carbocycles. The molecule has 0 saturated heterocycles. The summed E-state index contributed by atoms with van der Waals surface area (Å²) in [5.41, 5.74) is 0.775. The van der Waals surface area contributed by atoms with Gasteiger partial charge < -0.3 is 9.88 Å². The van der Waals surface area contributed by atoms with Gasteiger partial charge in [-0.05, 0) is 25.1 Å². The van der Waals surface area contributed by atoms with E-state index in [1.165, 1.54) is 6.20 Å². The van der Waals surface area contributed by atoms with Crippen LogP contribution in [0.1, 0.15) is 12.2 Å². The zero-order valence-corrected chi connectivity index (χ0v) is 15.2. The first-order valence-corrected chi connectivity index (χ1v) is 9.49. The van der Waals surface area contributed by atoms with Crippen molar-refractivity contribution in [2.75, 3.05) is 11.9 Å². The smallest absolute Gasteiger partial charge is 0.259 e. The maximum absolute atomic E-state index is 12.2. The average molecular weight is 373 g/mol. The van der Waals surface area contributed by atoms with Crippen molar-refractivity contribution >= 4 is 32.7 Å². The van der Waals surface area contributed by atoms with Crippen LogP contribution in [0, 0.1) is 6.92 Å². The van der Waals surface area contributed by atoms with Gasteiger partial charge >= 0.3 is 0 Å². The number of benzene rings is 1. The summed E-state index contributed by atoms with van der Waals surface area (Å²) in [5, 5.41) is 3.58. The maximum atomic E-state index is 12.2. The average Bonchev–Trinajstić information content (AvgIpc) is 2.94. The molecule has 0 aliphatic rings. The fourth-order valence-corrected chi connectivity index (χ4v) is 3.44. The summed E-state index contributed by atoms with van der Waals surface area (Å²) < 4.78 is 28.3. The van der Waals surface area contributed by atoms with Crippen LogP contribution in [0.15, 0.2) is 47.6 Å². The number of carbonyl (C=O) groups excluding carboxylic acids is 1. The van der Waals surface area contributed by atoms with Crippen LogP contribution in [0.5, 0.6) is 0 Å². The lowest BCUT2D eigenvalue weighted by atomic mass is 10.2. The number of nitrogens with one attached hydrogen (secondary N) is 2. The summed E-state index contributed by atoms with van der Waals surface area (Å²) in [7, 11) is -2.02. The number of para-hydroxylation sites is 1. The molecule has 8 nitrogen and oxygen atoms in total. The minimum Gasteiger partial charge on any atom is -0.337 e. The number of fused-ring (bicyclic) bond motifs is 1. The van der Waals surface area contributed by atoms with Gasteiger partial charge in [-0.3, -0.25) is 4.79 Å². The number of carbonyl (C=O) groups is 1. The van der Waals surface area contributed by atoms with Crippen LogP contribution < -0.4 is 10.0 Å². The third kappa shape index (κ3) is 4.06. The Bertz CT molecular complexity index is 1040. The Morgan fingerprint density at radius 2 is 1.92 bits per heavy atom. The molecule has 0 atom stereocenters. The lowest BCUT2D eigenvalue weighted by Gasteiger charge is -2.06. The number of imidazole rings is 1. The van der Waals surface area contributed by atoms with E-state index in [1.54, 1.807) is 24.6 Å². The molecular formula is C17H19N5O3S. The number of aryl methyl sites for hydroxylation is 2. The van der Waals surface area contributed by atoms with Crippen LogP contribution in [0.2, 0.25) is 0 Å². The van der Waals surface area contributed by atoms with Gasteiger partial charge in [0.05, 0.1) is 5.52 Å². The molecule has 2 N–H and O–H groups in total. The molecule has 1 amide bonds. The molecule has 0 saturated carbocycles. The lowest BCUT2D eigenvalue weighted by molar-refractivity contribution is -0.116. The van der Waals surface area contributed by atoms with Crippen molar-refractivity contribution in [1.29, 1.82) is 0 Å². The highest BCUT2D eigenvalue weighted by Gasteiger charge is 2.18. The van der Waals surface area contributed by atoms with E-state index in [1.807, 2.05) is 30.3 Å². The third-order valence-electron chi connectivity index (χ3n) is 3.87. The highest BCUT2D eigenvalue weighted by Crippen LogP contribution is 2.14. The van der Waals surface area contributed by atoms with Crippen molar-refractivity contribution < 1.29 is 13.2 Å². The van der Waals surface area contributed by atoms with E-state index in [0.717, 1.165) is 10.9 Å². The van der Waals surface area contributed by atoms with Gasteiger partial charge in [0.1, 0.15) is 11.6 Å². The number of hydrogen-bond donors (Lipinski definition) is 2. The molecule has 0 radical (unpaired) electrons. The van der Waals surface area contributed by atoms with E-state index < -0.39 is 10.0 Å². The molecule has 0 fully saturated rings. The van der Waals surface area contributed by atoms with E-state index in [9.17, 15) is 13.2 Å². The van der Waals surface area contributed by atoms with E-state index >= 15 is 0 Å². The predicted octanol–water partition coefficient (Wildman–Crippen LogP) is 1.58. The van der Waals surface area contributed by atoms with Gasteiger partial charge in [0.15, 0.2) is 5.03 Å². The largest absolute Gasteiger partial charge is 0.337 e. The molecule has 9 heteroatoms. The van der Waals surface area contributed by atoms with Crippen LogP contribution in [-0.2, 0) is 21.9 Å². The molecule has 0 aliphatic heterocycles. The van der Waals surface area contributed by atoms with E-state index in [4.69, 9.17) is 0 Å². The van der Waals surface area contributed by atoms with Crippen LogP contribution in [0.4, 0.5) is 5.82 Å². The van der Waals surface area contributed by atoms with Crippen molar-refractivity contribution in [3.05, 3.63) is 48.4 Å². The van der Waals surface area contributed by atoms with Gasteiger partial charge in [-0.15, -0.1) is 0 Å². The fraction of sp³-hybridized carbons (Fsp3) is 0.235. The van der Waals surface area contributed by atoms with Crippen LogP contribution >= 0.6 is 0 Å². The minimum atomic E-state index is -3.74. The van der Waals surface area contributed by atoms with E-state index in [-0.39, 0.29) is 23.9 Å². The second-order valence-electron chi connectivity index (χ2n) is 5.82. The summed E-state index contributed by atoms with van der Waals surface area (Å²) in [5.74, 6) is 0.690. The Hall–Kier alpha value is -2.78. The number of amides is 1. The number of hydrogen-bond acceptors (Lipinski definition) is 5. The molecule has 2 aromatic heterocycles. The van der Waals surface area contributed by atoms with Crippen molar-refractivity contribution in [1.82, 2.24) is 19.3 Å². The Labute approximate surface area is 151 Å². The topological polar surface area (TPSA) is 106 Å². The van der Waals surface area contributed by atoms with Crippen molar-refractivity contribution in [3.8, 4) is 0 Å². The van der Waals surface area contributed by atoms with Gasteiger partial charge in [-0.25, -0.2) is 23.1 Å². The number of sulfonamides is 1. The van der Waals surface area contributed by atoms with Crippen molar-refractivity contribution in [2.45, 2.75) is 18.4 Å². The molecule has 2 heterocycles. The minimum absolute atomic E-state index is 0.0143.